The van der Waals surface area contributed by atoms with E-state index >= 15 is 0 Å². The minimum Gasteiger partial charge on any atom is -0.330 e. The van der Waals surface area contributed by atoms with Gasteiger partial charge in [-0.15, -0.1) is 0 Å². The fourth-order valence-corrected chi connectivity index (χ4v) is 1.52. The number of para-hydroxylation sites is 1. The number of nitrogens with one attached hydrogen (secondary N) is 1. The molecule has 0 atom stereocenters. The van der Waals surface area contributed by atoms with Crippen molar-refractivity contribution in [3.8, 4) is 0 Å². The highest BCUT2D eigenvalue weighted by molar-refractivity contribution is 5.92. The maximum atomic E-state index is 13.6. The van der Waals surface area contributed by atoms with Crippen LogP contribution in [0.1, 0.15) is 6.42 Å². The molecule has 3 N–H and O–H groups in total. The fourth-order valence-electron chi connectivity index (χ4n) is 1.52. The van der Waals surface area contributed by atoms with Gasteiger partial charge in [0.1, 0.15) is 12.4 Å². The van der Waals surface area contributed by atoms with Gasteiger partial charge in [0.25, 0.3) is 0 Å². The fraction of sp³-hybridized carbons (Fsp3) is 0.417. The van der Waals surface area contributed by atoms with Gasteiger partial charge in [-0.3, -0.25) is 4.90 Å². The van der Waals surface area contributed by atoms with E-state index < -0.39 is 24.6 Å². The normalized spacial score (nSPS) is 11.2. The van der Waals surface area contributed by atoms with Gasteiger partial charge < -0.3 is 11.1 Å². The summed E-state index contributed by atoms with van der Waals surface area (Å²) in [4.78, 5) is 12.7. The van der Waals surface area contributed by atoms with Crippen molar-refractivity contribution in [1.82, 2.24) is 5.32 Å². The Kier molecular flexibility index (Phi) is 5.75. The van der Waals surface area contributed by atoms with Crippen molar-refractivity contribution < 1.29 is 22.4 Å². The number of nitrogens with two attached hydrogens (primary N) is 1. The second-order valence-electron chi connectivity index (χ2n) is 4.02. The smallest absolute Gasteiger partial charge is 0.330 e. The zero-order valence-corrected chi connectivity index (χ0v) is 10.6. The van der Waals surface area contributed by atoms with Crippen LogP contribution in [0.5, 0.6) is 0 Å². The molecule has 1 aromatic rings. The summed E-state index contributed by atoms with van der Waals surface area (Å²) >= 11 is 0. The van der Waals surface area contributed by atoms with Crippen molar-refractivity contribution in [3.63, 3.8) is 0 Å². The number of benzene rings is 1. The van der Waals surface area contributed by atoms with Gasteiger partial charge in [-0.25, -0.2) is 9.18 Å². The van der Waals surface area contributed by atoms with E-state index in [9.17, 15) is 22.4 Å². The summed E-state index contributed by atoms with van der Waals surface area (Å²) in [6.45, 7) is -1.21. The number of halogens is 4. The Labute approximate surface area is 113 Å². The molecule has 0 aliphatic carbocycles. The SMILES string of the molecule is NCCCN(C(=O)NCC(F)(F)F)c1ccccc1F. The Balaban J connectivity index is 2.84. The van der Waals surface area contributed by atoms with Crippen LogP contribution in [0.15, 0.2) is 24.3 Å². The molecule has 0 aliphatic heterocycles. The van der Waals surface area contributed by atoms with Crippen LogP contribution in [0.4, 0.5) is 28.0 Å². The maximum Gasteiger partial charge on any atom is 0.405 e. The Hall–Kier alpha value is -1.83. The predicted molar refractivity (Wildman–Crippen MR) is 66.9 cm³/mol. The molecule has 0 aromatic heterocycles. The van der Waals surface area contributed by atoms with E-state index in [0.29, 0.717) is 6.42 Å². The first kappa shape index (κ1) is 16.2. The highest BCUT2D eigenvalue weighted by Crippen LogP contribution is 2.19. The van der Waals surface area contributed by atoms with Gasteiger partial charge in [-0.05, 0) is 25.1 Å². The summed E-state index contributed by atoms with van der Waals surface area (Å²) in [5, 5.41) is 1.71. The van der Waals surface area contributed by atoms with Crippen molar-refractivity contribution in [1.29, 1.82) is 0 Å². The lowest BCUT2D eigenvalue weighted by Gasteiger charge is -2.23. The summed E-state index contributed by atoms with van der Waals surface area (Å²) in [6, 6.07) is 4.35. The number of anilines is 1. The molecule has 0 spiro atoms. The highest BCUT2D eigenvalue weighted by Gasteiger charge is 2.29. The van der Waals surface area contributed by atoms with Crippen molar-refractivity contribution in [2.45, 2.75) is 12.6 Å². The predicted octanol–water partition coefficient (Wildman–Crippen LogP) is 2.25. The van der Waals surface area contributed by atoms with Gasteiger partial charge >= 0.3 is 12.2 Å². The third-order valence-corrected chi connectivity index (χ3v) is 2.41. The molecule has 112 valence electrons. The molecular weight excluding hydrogens is 278 g/mol. The van der Waals surface area contributed by atoms with Crippen LogP contribution in [0.3, 0.4) is 0 Å². The Bertz CT molecular complexity index is 451. The molecule has 0 aliphatic rings. The van der Waals surface area contributed by atoms with Gasteiger partial charge in [0.05, 0.1) is 5.69 Å². The average Bonchev–Trinajstić information content (AvgIpc) is 2.38. The quantitative estimate of drug-likeness (QED) is 0.818. The van der Waals surface area contributed by atoms with E-state index in [2.05, 4.69) is 0 Å². The Morgan fingerprint density at radius 1 is 1.30 bits per heavy atom. The minimum absolute atomic E-state index is 0.0289. The molecule has 0 heterocycles. The molecule has 4 nitrogen and oxygen atoms in total. The molecule has 8 heteroatoms. The highest BCUT2D eigenvalue weighted by atomic mass is 19.4. The zero-order valence-electron chi connectivity index (χ0n) is 10.6. The van der Waals surface area contributed by atoms with Gasteiger partial charge in [-0.1, -0.05) is 12.1 Å². The van der Waals surface area contributed by atoms with Gasteiger partial charge in [0.2, 0.25) is 0 Å². The molecule has 0 unspecified atom stereocenters. The zero-order chi connectivity index (χ0) is 15.2. The lowest BCUT2D eigenvalue weighted by Crippen LogP contribution is -2.45. The van der Waals surface area contributed by atoms with E-state index in [-0.39, 0.29) is 18.8 Å². The maximum absolute atomic E-state index is 13.6. The van der Waals surface area contributed by atoms with Crippen LogP contribution < -0.4 is 16.0 Å². The van der Waals surface area contributed by atoms with E-state index in [4.69, 9.17) is 5.73 Å². The van der Waals surface area contributed by atoms with Crippen LogP contribution >= 0.6 is 0 Å². The van der Waals surface area contributed by atoms with Crippen LogP contribution in [-0.2, 0) is 0 Å². The molecule has 0 bridgehead atoms. The molecule has 20 heavy (non-hydrogen) atoms. The topological polar surface area (TPSA) is 58.4 Å². The van der Waals surface area contributed by atoms with E-state index in [1.807, 2.05) is 0 Å². The van der Waals surface area contributed by atoms with E-state index in [1.165, 1.54) is 18.2 Å². The number of carbonyl (C=O) groups excluding carboxylic acids is 1. The molecule has 1 aromatic carbocycles. The van der Waals surface area contributed by atoms with Crippen molar-refractivity contribution in [3.05, 3.63) is 30.1 Å². The molecule has 0 saturated carbocycles. The van der Waals surface area contributed by atoms with Crippen LogP contribution in [-0.4, -0.2) is 31.8 Å². The lowest BCUT2D eigenvalue weighted by molar-refractivity contribution is -0.122. The number of alkyl halides is 3. The third kappa shape index (κ3) is 5.04. The van der Waals surface area contributed by atoms with Crippen molar-refractivity contribution in [2.24, 2.45) is 5.73 Å². The first-order valence-corrected chi connectivity index (χ1v) is 5.92. The van der Waals surface area contributed by atoms with E-state index in [0.717, 1.165) is 11.0 Å². The number of urea groups is 1. The van der Waals surface area contributed by atoms with Gasteiger partial charge in [-0.2, -0.15) is 13.2 Å². The number of hydrogen-bond acceptors (Lipinski definition) is 2. The number of nitrogens with zero attached hydrogens (tertiary/aromatic N) is 1. The van der Waals surface area contributed by atoms with Crippen LogP contribution in [0.25, 0.3) is 0 Å². The monoisotopic (exact) mass is 293 g/mol. The Morgan fingerprint density at radius 3 is 2.50 bits per heavy atom. The summed E-state index contributed by atoms with van der Waals surface area (Å²) in [5.41, 5.74) is 5.22. The van der Waals surface area contributed by atoms with Crippen molar-refractivity contribution >= 4 is 11.7 Å². The summed E-state index contributed by atoms with van der Waals surface area (Å²) < 4.78 is 49.9. The average molecular weight is 293 g/mol. The first-order valence-electron chi connectivity index (χ1n) is 5.92. The third-order valence-electron chi connectivity index (χ3n) is 2.41. The minimum atomic E-state index is -4.52. The Morgan fingerprint density at radius 2 is 1.95 bits per heavy atom. The largest absolute Gasteiger partial charge is 0.405 e. The molecule has 0 fully saturated rings. The van der Waals surface area contributed by atoms with Crippen LogP contribution in [0, 0.1) is 5.82 Å². The summed E-state index contributed by atoms with van der Waals surface area (Å²) in [7, 11) is 0. The second kappa shape index (κ2) is 7.09. The standard InChI is InChI=1S/C12H15F4N3O/c13-9-4-1-2-5-10(9)19(7-3-6-17)11(20)18-8-12(14,15)16/h1-2,4-5H,3,6-8,17H2,(H,18,20). The number of amides is 2. The summed E-state index contributed by atoms with van der Waals surface area (Å²) in [6.07, 6.45) is -4.18. The van der Waals surface area contributed by atoms with E-state index in [1.54, 1.807) is 5.32 Å². The molecule has 1 rings (SSSR count). The number of carbonyl (C=O) groups is 1. The van der Waals surface area contributed by atoms with Gasteiger partial charge in [0.15, 0.2) is 0 Å². The second-order valence-corrected chi connectivity index (χ2v) is 4.02. The molecule has 0 radical (unpaired) electrons. The lowest BCUT2D eigenvalue weighted by atomic mass is 10.2. The van der Waals surface area contributed by atoms with Gasteiger partial charge in [0, 0.05) is 6.54 Å². The number of rotatable bonds is 5. The molecule has 2 amide bonds. The molecular formula is C12H15F4N3O. The number of hydrogen-bond donors (Lipinski definition) is 2. The van der Waals surface area contributed by atoms with Crippen LogP contribution in [0.2, 0.25) is 0 Å². The molecule has 0 saturated heterocycles. The summed E-state index contributed by atoms with van der Waals surface area (Å²) in [5.74, 6) is -0.688. The van der Waals surface area contributed by atoms with Crippen molar-refractivity contribution in [2.75, 3.05) is 24.5 Å². The first-order chi connectivity index (χ1) is 9.35.